The van der Waals surface area contributed by atoms with Gasteiger partial charge in [-0.3, -0.25) is 0 Å². The molecule has 0 aromatic rings. The average Bonchev–Trinajstić information content (AvgIpc) is 2.44. The van der Waals surface area contributed by atoms with Gasteiger partial charge in [-0.2, -0.15) is 0 Å². The van der Waals surface area contributed by atoms with Gasteiger partial charge in [0.15, 0.2) is 0 Å². The van der Waals surface area contributed by atoms with E-state index < -0.39 is 0 Å². The van der Waals surface area contributed by atoms with E-state index in [0.29, 0.717) is 0 Å². The molecule has 0 bridgehead atoms. The molecule has 0 aliphatic rings. The highest BCUT2D eigenvalue weighted by Crippen LogP contribution is 2.23. The molecule has 1 heteroatoms. The van der Waals surface area contributed by atoms with Gasteiger partial charge in [-0.1, -0.05) is 99.0 Å². The van der Waals surface area contributed by atoms with Crippen LogP contribution in [0.25, 0.3) is 0 Å². The monoisotopic (exact) mass is 266 g/mol. The largest absolute Gasteiger partial charge is 0.139 e. The molecule has 0 nitrogen and oxygen atoms in total. The Morgan fingerprint density at radius 3 is 1.05 bits per heavy atom. The highest BCUT2D eigenvalue weighted by atomic mass is 14.1. The van der Waals surface area contributed by atoms with Crippen molar-refractivity contribution in [3.63, 3.8) is 0 Å². The Labute approximate surface area is 124 Å². The lowest BCUT2D eigenvalue weighted by atomic mass is 9.40. The second kappa shape index (κ2) is 11.9. The molecule has 0 heterocycles. The van der Waals surface area contributed by atoms with Gasteiger partial charge in [0.05, 0.1) is 0 Å². The number of rotatable bonds is 12. The van der Waals surface area contributed by atoms with Crippen molar-refractivity contribution in [2.45, 2.75) is 99.0 Å². The zero-order chi connectivity index (χ0) is 14.7. The van der Waals surface area contributed by atoms with E-state index in [4.69, 9.17) is 0 Å². The van der Waals surface area contributed by atoms with Crippen molar-refractivity contribution in [1.29, 1.82) is 0 Å². The third-order valence-electron chi connectivity index (χ3n) is 5.29. The van der Waals surface area contributed by atoms with E-state index in [-0.39, 0.29) is 0 Å². The van der Waals surface area contributed by atoms with Gasteiger partial charge in [0.25, 0.3) is 0 Å². The maximum Gasteiger partial charge on any atom is 0.139 e. The molecule has 3 atom stereocenters. The zero-order valence-corrected chi connectivity index (χ0v) is 14.7. The highest BCUT2D eigenvalue weighted by Gasteiger charge is 2.16. The molecule has 3 unspecified atom stereocenters. The van der Waals surface area contributed by atoms with Gasteiger partial charge < -0.3 is 0 Å². The fourth-order valence-electron chi connectivity index (χ4n) is 2.61. The lowest BCUT2D eigenvalue weighted by molar-refractivity contribution is 0.520. The molecule has 0 saturated heterocycles. The molecule has 0 fully saturated rings. The number of hydrogen-bond donors (Lipinski definition) is 0. The van der Waals surface area contributed by atoms with Crippen molar-refractivity contribution in [3.05, 3.63) is 0 Å². The van der Waals surface area contributed by atoms with Crippen LogP contribution in [0.1, 0.15) is 80.1 Å². The molecule has 0 aliphatic heterocycles. The maximum atomic E-state index is 2.42. The van der Waals surface area contributed by atoms with E-state index in [9.17, 15) is 0 Å². The van der Waals surface area contributed by atoms with Crippen molar-refractivity contribution in [3.8, 4) is 0 Å². The van der Waals surface area contributed by atoms with Gasteiger partial charge >= 0.3 is 0 Å². The van der Waals surface area contributed by atoms with Crippen LogP contribution in [-0.2, 0) is 0 Å². The first-order valence-corrected chi connectivity index (χ1v) is 9.03. The smallest absolute Gasteiger partial charge is 0.0739 e. The Hall–Kier alpha value is 0.0649. The van der Waals surface area contributed by atoms with Crippen LogP contribution in [0.3, 0.4) is 0 Å². The lowest BCUT2D eigenvalue weighted by Gasteiger charge is -2.19. The standard InChI is InChI=1S/C18H39B/c1-7-16(4)10-13-19(14-11-17(5)8-2)15-12-18(6)9-3/h16-18H,7-15H2,1-6H3. The minimum absolute atomic E-state index is 0.926. The van der Waals surface area contributed by atoms with E-state index in [1.54, 1.807) is 0 Å². The fourth-order valence-corrected chi connectivity index (χ4v) is 2.61. The average molecular weight is 266 g/mol. The van der Waals surface area contributed by atoms with Gasteiger partial charge in [-0.15, -0.1) is 0 Å². The second-order valence-corrected chi connectivity index (χ2v) is 7.14. The Bertz CT molecular complexity index is 157. The Kier molecular flexibility index (Phi) is 11.9. The van der Waals surface area contributed by atoms with Crippen molar-refractivity contribution >= 4 is 6.71 Å². The van der Waals surface area contributed by atoms with Crippen LogP contribution in [0.15, 0.2) is 0 Å². The van der Waals surface area contributed by atoms with Crippen molar-refractivity contribution in [1.82, 2.24) is 0 Å². The molecule has 0 aliphatic carbocycles. The minimum Gasteiger partial charge on any atom is -0.0739 e. The normalized spacial score (nSPS) is 16.1. The molecule has 0 amide bonds. The first-order chi connectivity index (χ1) is 9.03. The predicted molar refractivity (Wildman–Crippen MR) is 92.4 cm³/mol. The summed E-state index contributed by atoms with van der Waals surface area (Å²) < 4.78 is 0. The highest BCUT2D eigenvalue weighted by molar-refractivity contribution is 6.58. The quantitative estimate of drug-likeness (QED) is 0.341. The van der Waals surface area contributed by atoms with E-state index in [1.807, 2.05) is 0 Å². The topological polar surface area (TPSA) is 0 Å². The van der Waals surface area contributed by atoms with Crippen LogP contribution in [-0.4, -0.2) is 6.71 Å². The Morgan fingerprint density at radius 1 is 0.579 bits per heavy atom. The van der Waals surface area contributed by atoms with E-state index in [2.05, 4.69) is 41.5 Å². The Balaban J connectivity index is 4.06. The van der Waals surface area contributed by atoms with Gasteiger partial charge in [0.2, 0.25) is 0 Å². The third-order valence-corrected chi connectivity index (χ3v) is 5.29. The summed E-state index contributed by atoms with van der Waals surface area (Å²) in [6.45, 7) is 15.2. The van der Waals surface area contributed by atoms with Gasteiger partial charge in [0.1, 0.15) is 6.71 Å². The van der Waals surface area contributed by atoms with Gasteiger partial charge in [0, 0.05) is 0 Å². The lowest BCUT2D eigenvalue weighted by Crippen LogP contribution is -2.16. The molecular weight excluding hydrogens is 227 g/mol. The van der Waals surface area contributed by atoms with Gasteiger partial charge in [-0.25, -0.2) is 0 Å². The van der Waals surface area contributed by atoms with Crippen LogP contribution >= 0.6 is 0 Å². The summed E-state index contributed by atoms with van der Waals surface area (Å²) in [6, 6.07) is 0. The SMILES string of the molecule is CCC(C)CCB(CCC(C)CC)CCC(C)CC. The van der Waals surface area contributed by atoms with Crippen LogP contribution in [0.5, 0.6) is 0 Å². The number of hydrogen-bond acceptors (Lipinski definition) is 0. The van der Waals surface area contributed by atoms with E-state index in [1.165, 1.54) is 57.5 Å². The van der Waals surface area contributed by atoms with E-state index in [0.717, 1.165) is 24.5 Å². The molecular formula is C18H39B. The van der Waals surface area contributed by atoms with Crippen LogP contribution in [0.2, 0.25) is 19.0 Å². The second-order valence-electron chi connectivity index (χ2n) is 7.14. The summed E-state index contributed by atoms with van der Waals surface area (Å²) >= 11 is 0. The molecule has 0 radical (unpaired) electrons. The van der Waals surface area contributed by atoms with Crippen molar-refractivity contribution < 1.29 is 0 Å². The van der Waals surface area contributed by atoms with Gasteiger partial charge in [-0.05, 0) is 17.8 Å². The zero-order valence-electron chi connectivity index (χ0n) is 14.7. The molecule has 0 saturated carbocycles. The minimum atomic E-state index is 0.926. The summed E-state index contributed by atoms with van der Waals surface area (Å²) in [4.78, 5) is 0. The van der Waals surface area contributed by atoms with Crippen LogP contribution < -0.4 is 0 Å². The predicted octanol–water partition coefficient (Wildman–Crippen LogP) is 6.79. The summed E-state index contributed by atoms with van der Waals surface area (Å²) in [5.74, 6) is 2.78. The summed E-state index contributed by atoms with van der Waals surface area (Å²) in [5.41, 5.74) is 0. The summed E-state index contributed by atoms with van der Waals surface area (Å²) in [6.07, 6.45) is 12.8. The van der Waals surface area contributed by atoms with Crippen LogP contribution in [0, 0.1) is 17.8 Å². The molecule has 19 heavy (non-hydrogen) atoms. The molecule has 114 valence electrons. The molecule has 0 N–H and O–H groups in total. The first kappa shape index (κ1) is 19.1. The third kappa shape index (κ3) is 10.5. The van der Waals surface area contributed by atoms with Crippen molar-refractivity contribution in [2.75, 3.05) is 0 Å². The summed E-state index contributed by atoms with van der Waals surface area (Å²) in [5, 5.41) is 0. The van der Waals surface area contributed by atoms with Crippen LogP contribution in [0.4, 0.5) is 0 Å². The maximum absolute atomic E-state index is 2.42. The first-order valence-electron chi connectivity index (χ1n) is 9.03. The molecule has 0 aromatic carbocycles. The van der Waals surface area contributed by atoms with Crippen molar-refractivity contribution in [2.24, 2.45) is 17.8 Å². The molecule has 0 spiro atoms. The molecule has 0 rings (SSSR count). The Morgan fingerprint density at radius 2 is 0.842 bits per heavy atom. The fraction of sp³-hybridized carbons (Fsp3) is 1.00. The molecule has 0 aromatic heterocycles. The summed E-state index contributed by atoms with van der Waals surface area (Å²) in [7, 11) is 0. The van der Waals surface area contributed by atoms with E-state index >= 15 is 0 Å².